The van der Waals surface area contributed by atoms with Crippen LogP contribution in [-0.4, -0.2) is 57.8 Å². The highest BCUT2D eigenvalue weighted by Crippen LogP contribution is 2.35. The van der Waals surface area contributed by atoms with E-state index in [2.05, 4.69) is 20.3 Å². The zero-order valence-electron chi connectivity index (χ0n) is 19.2. The van der Waals surface area contributed by atoms with E-state index in [-0.39, 0.29) is 36.4 Å². The summed E-state index contributed by atoms with van der Waals surface area (Å²) in [4.78, 5) is 24.5. The number of aromatic amines is 1. The fourth-order valence-electron chi connectivity index (χ4n) is 3.47. The molecular weight excluding hydrogens is 448 g/mol. The van der Waals surface area contributed by atoms with Crippen molar-refractivity contribution in [3.8, 4) is 34.1 Å². The van der Waals surface area contributed by atoms with Crippen molar-refractivity contribution in [2.24, 2.45) is 0 Å². The molecule has 4 aromatic rings. The average Bonchev–Trinajstić information content (AvgIpc) is 3.29. The number of pyridine rings is 1. The van der Waals surface area contributed by atoms with Crippen molar-refractivity contribution >= 4 is 28.6 Å². The Morgan fingerprint density at radius 1 is 1.14 bits per heavy atom. The SMILES string of the molecule is COc1ncccc1-c1ccc(O)c(-c2nc3cc(C(=O)NCCOC(=N)C(C)=N)ccc3[nH]2)c1. The summed E-state index contributed by atoms with van der Waals surface area (Å²) in [7, 11) is 1.55. The lowest BCUT2D eigenvalue weighted by molar-refractivity contribution is 0.0946. The third kappa shape index (κ3) is 5.11. The summed E-state index contributed by atoms with van der Waals surface area (Å²) in [6, 6.07) is 13.9. The number of aromatic nitrogens is 3. The number of rotatable bonds is 8. The predicted molar refractivity (Wildman–Crippen MR) is 132 cm³/mol. The van der Waals surface area contributed by atoms with Gasteiger partial charge in [-0.05, 0) is 55.0 Å². The smallest absolute Gasteiger partial charge is 0.251 e. The standard InChI is InChI=1S/C25H24N6O4/c1-14(26)22(27)35-11-10-28-24(33)16-5-7-19-20(13-16)31-23(30-19)18-12-15(6-8-21(18)32)17-4-3-9-29-25(17)34-2/h3-9,12-13,26-27,32H,10-11H2,1-2H3,(H,28,33)(H,30,31). The largest absolute Gasteiger partial charge is 0.507 e. The minimum Gasteiger partial charge on any atom is -0.507 e. The average molecular weight is 473 g/mol. The first kappa shape index (κ1) is 23.4. The van der Waals surface area contributed by atoms with Crippen molar-refractivity contribution < 1.29 is 19.4 Å². The Morgan fingerprint density at radius 2 is 1.97 bits per heavy atom. The Kier molecular flexibility index (Phi) is 6.72. The number of aromatic hydroxyl groups is 1. The van der Waals surface area contributed by atoms with Gasteiger partial charge in [-0.3, -0.25) is 10.2 Å². The maximum absolute atomic E-state index is 12.5. The topological polar surface area (TPSA) is 157 Å². The highest BCUT2D eigenvalue weighted by atomic mass is 16.5. The summed E-state index contributed by atoms with van der Waals surface area (Å²) < 4.78 is 10.4. The molecule has 5 N–H and O–H groups in total. The summed E-state index contributed by atoms with van der Waals surface area (Å²) in [5.74, 6) is 0.443. The number of phenolic OH excluding ortho intramolecular Hbond substituents is 1. The predicted octanol–water partition coefficient (Wildman–Crippen LogP) is 3.77. The van der Waals surface area contributed by atoms with Crippen LogP contribution in [0.5, 0.6) is 11.6 Å². The van der Waals surface area contributed by atoms with E-state index in [9.17, 15) is 9.90 Å². The molecule has 4 rings (SSSR count). The number of nitrogens with zero attached hydrogens (tertiary/aromatic N) is 2. The number of methoxy groups -OCH3 is 1. The fraction of sp³-hybridized carbons (Fsp3) is 0.160. The second kappa shape index (κ2) is 10.0. The first-order valence-electron chi connectivity index (χ1n) is 10.7. The summed E-state index contributed by atoms with van der Waals surface area (Å²) in [6.07, 6.45) is 1.64. The third-order valence-corrected chi connectivity index (χ3v) is 5.25. The van der Waals surface area contributed by atoms with Crippen molar-refractivity contribution in [3.05, 3.63) is 60.3 Å². The van der Waals surface area contributed by atoms with Gasteiger partial charge in [0.05, 0.1) is 36.0 Å². The van der Waals surface area contributed by atoms with Crippen molar-refractivity contribution in [1.29, 1.82) is 10.8 Å². The number of carbonyl (C=O) groups excluding carboxylic acids is 1. The lowest BCUT2D eigenvalue weighted by Gasteiger charge is -2.09. The van der Waals surface area contributed by atoms with Gasteiger partial charge in [-0.15, -0.1) is 0 Å². The highest BCUT2D eigenvalue weighted by Gasteiger charge is 2.15. The van der Waals surface area contributed by atoms with Gasteiger partial charge in [-0.1, -0.05) is 6.07 Å². The monoisotopic (exact) mass is 472 g/mol. The number of imidazole rings is 1. The molecule has 0 bridgehead atoms. The Bertz CT molecular complexity index is 1430. The van der Waals surface area contributed by atoms with E-state index in [0.29, 0.717) is 33.9 Å². The van der Waals surface area contributed by atoms with Gasteiger partial charge in [0.2, 0.25) is 11.8 Å². The molecule has 0 aliphatic carbocycles. The molecule has 0 saturated carbocycles. The minimum absolute atomic E-state index is 0.0206. The van der Waals surface area contributed by atoms with Gasteiger partial charge in [0.1, 0.15) is 18.2 Å². The van der Waals surface area contributed by atoms with Crippen molar-refractivity contribution in [2.45, 2.75) is 6.92 Å². The number of ether oxygens (including phenoxy) is 2. The van der Waals surface area contributed by atoms with E-state index in [1.807, 2.05) is 12.1 Å². The summed E-state index contributed by atoms with van der Waals surface area (Å²) in [5, 5.41) is 28.0. The summed E-state index contributed by atoms with van der Waals surface area (Å²) >= 11 is 0. The Balaban J connectivity index is 1.55. The zero-order chi connectivity index (χ0) is 24.9. The Hall–Kier alpha value is -4.73. The molecule has 0 atom stereocenters. The Labute approximate surface area is 201 Å². The van der Waals surface area contributed by atoms with Gasteiger partial charge in [0.25, 0.3) is 5.91 Å². The van der Waals surface area contributed by atoms with E-state index in [0.717, 1.165) is 11.1 Å². The van der Waals surface area contributed by atoms with Crippen LogP contribution in [-0.2, 0) is 4.74 Å². The normalized spacial score (nSPS) is 10.7. The van der Waals surface area contributed by atoms with Crippen LogP contribution in [0.25, 0.3) is 33.5 Å². The van der Waals surface area contributed by atoms with Crippen molar-refractivity contribution in [3.63, 3.8) is 0 Å². The van der Waals surface area contributed by atoms with E-state index >= 15 is 0 Å². The third-order valence-electron chi connectivity index (χ3n) is 5.25. The molecule has 0 radical (unpaired) electrons. The van der Waals surface area contributed by atoms with Gasteiger partial charge in [-0.2, -0.15) is 0 Å². The molecule has 0 saturated heterocycles. The quantitative estimate of drug-likeness (QED) is 0.149. The summed E-state index contributed by atoms with van der Waals surface area (Å²) in [6.45, 7) is 1.74. The highest BCUT2D eigenvalue weighted by molar-refractivity contribution is 6.35. The lowest BCUT2D eigenvalue weighted by Crippen LogP contribution is -2.28. The fourth-order valence-corrected chi connectivity index (χ4v) is 3.47. The molecule has 2 aromatic carbocycles. The number of benzene rings is 2. The van der Waals surface area contributed by atoms with Crippen LogP contribution in [0.4, 0.5) is 0 Å². The van der Waals surface area contributed by atoms with Crippen LogP contribution in [0, 0.1) is 10.8 Å². The van der Waals surface area contributed by atoms with Crippen LogP contribution >= 0.6 is 0 Å². The number of nitrogens with one attached hydrogen (secondary N) is 4. The number of phenols is 1. The van der Waals surface area contributed by atoms with Gasteiger partial charge in [0.15, 0.2) is 0 Å². The van der Waals surface area contributed by atoms with Gasteiger partial charge in [0, 0.05) is 17.3 Å². The maximum atomic E-state index is 12.5. The van der Waals surface area contributed by atoms with Crippen LogP contribution in [0.3, 0.4) is 0 Å². The van der Waals surface area contributed by atoms with Crippen LogP contribution < -0.4 is 10.1 Å². The number of fused-ring (bicyclic) bond motifs is 1. The van der Waals surface area contributed by atoms with Gasteiger partial charge < -0.3 is 30.3 Å². The second-order valence-corrected chi connectivity index (χ2v) is 7.67. The van der Waals surface area contributed by atoms with Crippen molar-refractivity contribution in [2.75, 3.05) is 20.3 Å². The molecule has 0 aliphatic heterocycles. The Morgan fingerprint density at radius 3 is 2.74 bits per heavy atom. The molecule has 0 aliphatic rings. The minimum atomic E-state index is -0.313. The first-order chi connectivity index (χ1) is 16.9. The van der Waals surface area contributed by atoms with Gasteiger partial charge in [-0.25, -0.2) is 9.97 Å². The molecule has 0 fully saturated rings. The lowest BCUT2D eigenvalue weighted by atomic mass is 10.0. The molecule has 0 spiro atoms. The molecule has 0 unspecified atom stereocenters. The zero-order valence-corrected chi connectivity index (χ0v) is 19.2. The molecule has 2 heterocycles. The van der Waals surface area contributed by atoms with E-state index in [4.69, 9.17) is 20.3 Å². The number of H-pyrrole nitrogens is 1. The summed E-state index contributed by atoms with van der Waals surface area (Å²) in [5.41, 5.74) is 3.78. The molecule has 35 heavy (non-hydrogen) atoms. The molecule has 10 heteroatoms. The van der Waals surface area contributed by atoms with Gasteiger partial charge >= 0.3 is 0 Å². The number of hydrogen-bond donors (Lipinski definition) is 5. The number of carbonyl (C=O) groups is 1. The molecular formula is C25H24N6O4. The van der Waals surface area contributed by atoms with Crippen LogP contribution in [0.15, 0.2) is 54.7 Å². The van der Waals surface area contributed by atoms with Crippen LogP contribution in [0.1, 0.15) is 17.3 Å². The van der Waals surface area contributed by atoms with Crippen LogP contribution in [0.2, 0.25) is 0 Å². The van der Waals surface area contributed by atoms with E-state index in [1.54, 1.807) is 49.7 Å². The molecule has 2 aromatic heterocycles. The first-order valence-corrected chi connectivity index (χ1v) is 10.7. The molecule has 1 amide bonds. The molecule has 178 valence electrons. The van der Waals surface area contributed by atoms with Crippen molar-refractivity contribution in [1.82, 2.24) is 20.3 Å². The number of hydrogen-bond acceptors (Lipinski definition) is 8. The molecule has 10 nitrogen and oxygen atoms in total. The number of amides is 1. The maximum Gasteiger partial charge on any atom is 0.251 e. The van der Waals surface area contributed by atoms with E-state index < -0.39 is 0 Å². The van der Waals surface area contributed by atoms with E-state index in [1.165, 1.54) is 6.92 Å². The second-order valence-electron chi connectivity index (χ2n) is 7.67.